The van der Waals surface area contributed by atoms with Crippen molar-refractivity contribution < 1.29 is 38.5 Å². The van der Waals surface area contributed by atoms with Crippen molar-refractivity contribution in [2.75, 3.05) is 62.2 Å². The number of aryl methyl sites for hydroxylation is 1. The summed E-state index contributed by atoms with van der Waals surface area (Å²) >= 11 is 9.89. The number of benzene rings is 1. The number of likely N-dealkylation sites (tertiary alicyclic amines) is 2. The maximum absolute atomic E-state index is 14.7. The molecule has 1 aromatic carbocycles. The first-order chi connectivity index (χ1) is 35.7. The van der Waals surface area contributed by atoms with Gasteiger partial charge in [-0.05, 0) is 67.7 Å². The van der Waals surface area contributed by atoms with Crippen LogP contribution >= 0.6 is 34.7 Å². The number of amides is 4. The molecule has 5 fully saturated rings. The number of ether oxygens (including phenoxy) is 1. The lowest BCUT2D eigenvalue weighted by Crippen LogP contribution is -2.59. The van der Waals surface area contributed by atoms with E-state index in [0.29, 0.717) is 72.7 Å². The molecule has 75 heavy (non-hydrogen) atoms. The number of pyridine rings is 1. The molecule has 18 nitrogen and oxygen atoms in total. The van der Waals surface area contributed by atoms with Gasteiger partial charge in [-0.1, -0.05) is 63.2 Å². The molecule has 9 rings (SSSR count). The van der Waals surface area contributed by atoms with Gasteiger partial charge in [0.25, 0.3) is 11.8 Å². The van der Waals surface area contributed by atoms with E-state index in [9.17, 15) is 33.8 Å². The van der Waals surface area contributed by atoms with E-state index < -0.39 is 52.6 Å². The number of nitrogens with zero attached hydrogens (tertiary/aromatic N) is 8. The minimum absolute atomic E-state index is 0.00579. The van der Waals surface area contributed by atoms with E-state index in [1.165, 1.54) is 28.0 Å². The Morgan fingerprint density at radius 1 is 0.973 bits per heavy atom. The number of aromatic nitrogens is 4. The van der Waals surface area contributed by atoms with Gasteiger partial charge >= 0.3 is 0 Å². The summed E-state index contributed by atoms with van der Waals surface area (Å²) in [5.74, 6) is -0.259. The lowest BCUT2D eigenvalue weighted by Gasteiger charge is -2.42. The fraction of sp³-hybridized carbons (Fsp3) is 0.585. The summed E-state index contributed by atoms with van der Waals surface area (Å²) in [5.41, 5.74) is 6.00. The number of hydrogen-bond acceptors (Lipinski definition) is 16. The zero-order valence-electron chi connectivity index (χ0n) is 43.3. The van der Waals surface area contributed by atoms with Gasteiger partial charge in [-0.3, -0.25) is 19.2 Å². The van der Waals surface area contributed by atoms with Crippen LogP contribution in [0.4, 0.5) is 16.0 Å². The zero-order valence-corrected chi connectivity index (χ0v) is 45.7. The molecule has 3 aromatic heterocycles. The molecular weight excluding hydrogens is 1020 g/mol. The van der Waals surface area contributed by atoms with Crippen molar-refractivity contribution in [3.05, 3.63) is 64.6 Å². The van der Waals surface area contributed by atoms with Gasteiger partial charge in [0.1, 0.15) is 46.2 Å². The quantitative estimate of drug-likeness (QED) is 0.0964. The molecule has 4 aromatic rings. The highest BCUT2D eigenvalue weighted by atomic mass is 35.5. The molecule has 0 unspecified atom stereocenters. The maximum Gasteiger partial charge on any atom is 0.258 e. The maximum atomic E-state index is 14.7. The molecule has 1 saturated carbocycles. The van der Waals surface area contributed by atoms with Gasteiger partial charge < -0.3 is 50.9 Å². The minimum atomic E-state index is -1.99. The number of thiazole rings is 1. The van der Waals surface area contributed by atoms with E-state index in [1.807, 2.05) is 36.1 Å². The van der Waals surface area contributed by atoms with E-state index in [2.05, 4.69) is 37.4 Å². The summed E-state index contributed by atoms with van der Waals surface area (Å²) < 4.78 is 21.4. The SMILES string of the molecule is Cc1ncsc1-c1ccc(CNC(=O)[C@@H]2C[C@@H](O)CN2C(=O)[C@@H](NC(=O)C2(F)CC2)C(C)(C)C)c(OC2CCN(C(=O)C3(O)CCN(c4nccc(Sc5cnc(N6CCC(C)(CN)CC6)cn5)c4Cl)CC3)CC2)c1. The summed E-state index contributed by atoms with van der Waals surface area (Å²) in [7, 11) is 0. The number of halogens is 2. The van der Waals surface area contributed by atoms with Crippen molar-refractivity contribution in [1.82, 2.24) is 40.4 Å². The van der Waals surface area contributed by atoms with Crippen molar-refractivity contribution in [3.63, 3.8) is 0 Å². The third kappa shape index (κ3) is 12.2. The molecule has 404 valence electrons. The summed E-state index contributed by atoms with van der Waals surface area (Å²) in [6, 6.07) is 5.43. The molecule has 3 atom stereocenters. The van der Waals surface area contributed by atoms with Gasteiger partial charge in [0.15, 0.2) is 5.67 Å². The number of hydrogen-bond donors (Lipinski definition) is 5. The fourth-order valence-electron chi connectivity index (χ4n) is 10.3. The number of nitrogens with one attached hydrogen (secondary N) is 2. The Hall–Kier alpha value is -5.19. The smallest absolute Gasteiger partial charge is 0.258 e. The largest absolute Gasteiger partial charge is 0.490 e. The van der Waals surface area contributed by atoms with Gasteiger partial charge in [0.2, 0.25) is 11.8 Å². The van der Waals surface area contributed by atoms with Crippen LogP contribution in [-0.4, -0.2) is 151 Å². The number of rotatable bonds is 15. The van der Waals surface area contributed by atoms with Gasteiger partial charge in [-0.25, -0.2) is 24.3 Å². The molecule has 0 bridgehead atoms. The molecule has 4 aliphatic heterocycles. The number of aliphatic hydroxyl groups excluding tert-OH is 1. The number of piperidine rings is 3. The first-order valence-electron chi connectivity index (χ1n) is 26.0. The highest BCUT2D eigenvalue weighted by Gasteiger charge is 2.53. The highest BCUT2D eigenvalue weighted by molar-refractivity contribution is 7.99. The lowest BCUT2D eigenvalue weighted by atomic mass is 9.80. The molecule has 4 saturated heterocycles. The predicted molar refractivity (Wildman–Crippen MR) is 285 cm³/mol. The first kappa shape index (κ1) is 54.6. The molecule has 6 N–H and O–H groups in total. The van der Waals surface area contributed by atoms with Crippen LogP contribution in [0.3, 0.4) is 0 Å². The van der Waals surface area contributed by atoms with Gasteiger partial charge in [-0.15, -0.1) is 11.3 Å². The second kappa shape index (κ2) is 22.0. The topological polar surface area (TPSA) is 233 Å². The van der Waals surface area contributed by atoms with Crippen molar-refractivity contribution in [3.8, 4) is 16.2 Å². The second-order valence-electron chi connectivity index (χ2n) is 22.3. The van der Waals surface area contributed by atoms with Crippen LogP contribution in [0.1, 0.15) is 96.7 Å². The van der Waals surface area contributed by atoms with Crippen LogP contribution in [0.5, 0.6) is 5.75 Å². The van der Waals surface area contributed by atoms with Crippen molar-refractivity contribution in [2.45, 2.75) is 144 Å². The molecular formula is C53H69ClFN11O7S2. The van der Waals surface area contributed by atoms with Crippen LogP contribution in [0, 0.1) is 17.8 Å². The van der Waals surface area contributed by atoms with Crippen LogP contribution in [-0.2, 0) is 25.7 Å². The summed E-state index contributed by atoms with van der Waals surface area (Å²) in [4.78, 5) is 82.3. The Kier molecular flexibility index (Phi) is 16.0. The summed E-state index contributed by atoms with van der Waals surface area (Å²) in [6.45, 7) is 13.3. The zero-order chi connectivity index (χ0) is 53.5. The van der Waals surface area contributed by atoms with Crippen LogP contribution in [0.2, 0.25) is 5.02 Å². The number of aliphatic hydroxyl groups is 2. The monoisotopic (exact) mass is 1090 g/mol. The average Bonchev–Trinajstić information content (AvgIpc) is 3.81. The van der Waals surface area contributed by atoms with E-state index in [4.69, 9.17) is 27.1 Å². The second-order valence-corrected chi connectivity index (χ2v) is 24.6. The summed E-state index contributed by atoms with van der Waals surface area (Å²) in [5, 5.41) is 29.3. The lowest BCUT2D eigenvalue weighted by molar-refractivity contribution is -0.155. The Bertz CT molecular complexity index is 2740. The number of alkyl halides is 1. The normalized spacial score (nSPS) is 21.9. The van der Waals surface area contributed by atoms with Crippen LogP contribution in [0.15, 0.2) is 58.3 Å². The predicted octanol–water partition coefficient (Wildman–Crippen LogP) is 5.69. The van der Waals surface area contributed by atoms with E-state index in [0.717, 1.165) is 52.8 Å². The summed E-state index contributed by atoms with van der Waals surface area (Å²) in [6.07, 6.45) is 7.59. The Balaban J connectivity index is 0.798. The number of carbonyl (C=O) groups is 4. The average molecular weight is 1090 g/mol. The number of carbonyl (C=O) groups excluding carboxylic acids is 4. The van der Waals surface area contributed by atoms with Gasteiger partial charge in [0.05, 0.1) is 39.6 Å². The molecule has 7 heterocycles. The molecule has 0 spiro atoms. The Morgan fingerprint density at radius 2 is 1.68 bits per heavy atom. The third-order valence-corrected chi connectivity index (χ3v) is 18.1. The first-order valence-corrected chi connectivity index (χ1v) is 28.1. The molecule has 4 amide bonds. The standard InChI is InChI=1S/C53H69ClFN11O7S2/c1-32-43(74-31-61-32)33-6-7-34(26-60-46(68)37-25-35(67)29-66(37)47(69)44(50(2,3)4)62-48(70)52(55)11-12-52)38(24-33)73-36-9-18-65(19-10-36)49(71)53(72)15-22-64(23-16-53)45-42(54)39(8-17-57-45)75-41-28-58-40(27-59-41)63-20-13-51(5,30-56)14-21-63/h6-8,17,24,27-28,31,35-37,44,67,72H,9-16,18-23,25-26,29-30,56H2,1-5H3,(H,60,68)(H,62,70)/t35-,37+,44-/m1/s1. The molecule has 22 heteroatoms. The van der Waals surface area contributed by atoms with Crippen molar-refractivity contribution in [1.29, 1.82) is 0 Å². The van der Waals surface area contributed by atoms with Crippen LogP contribution < -0.4 is 30.9 Å². The Labute approximate surface area is 450 Å². The van der Waals surface area contributed by atoms with E-state index in [-0.39, 0.29) is 62.6 Å². The van der Waals surface area contributed by atoms with Gasteiger partial charge in [-0.2, -0.15) is 0 Å². The Morgan fingerprint density at radius 3 is 2.31 bits per heavy atom. The highest BCUT2D eigenvalue weighted by Crippen LogP contribution is 2.42. The number of nitrogens with two attached hydrogens (primary N) is 1. The van der Waals surface area contributed by atoms with Crippen LogP contribution in [0.25, 0.3) is 10.4 Å². The van der Waals surface area contributed by atoms with E-state index in [1.54, 1.807) is 49.8 Å². The molecule has 0 radical (unpaired) electrons. The fourth-order valence-corrected chi connectivity index (χ4v) is 12.2. The van der Waals surface area contributed by atoms with Crippen molar-refractivity contribution >= 4 is 70.0 Å². The number of β-amino-alcohol motifs (C(OH)–C–C–N with tert-alkyl or cyclic N) is 1. The van der Waals surface area contributed by atoms with Crippen molar-refractivity contribution in [2.24, 2.45) is 16.6 Å². The molecule has 5 aliphatic rings. The molecule has 1 aliphatic carbocycles. The van der Waals surface area contributed by atoms with E-state index >= 15 is 0 Å². The van der Waals surface area contributed by atoms with Gasteiger partial charge in [0, 0.05) is 101 Å². The third-order valence-electron chi connectivity index (χ3n) is 15.6. The number of anilines is 2. The minimum Gasteiger partial charge on any atom is -0.490 e.